The van der Waals surface area contributed by atoms with E-state index in [4.69, 9.17) is 31.5 Å². The number of nitrogen functional groups attached to an aromatic ring is 1. The van der Waals surface area contributed by atoms with Gasteiger partial charge in [0.05, 0.1) is 16.9 Å². The number of hydrogen-bond donors (Lipinski definition) is 1. The van der Waals surface area contributed by atoms with Gasteiger partial charge in [0.2, 0.25) is 0 Å². The van der Waals surface area contributed by atoms with E-state index in [0.717, 1.165) is 30.2 Å². The molecule has 1 aliphatic carbocycles. The predicted molar refractivity (Wildman–Crippen MR) is 130 cm³/mol. The van der Waals surface area contributed by atoms with Gasteiger partial charge in [-0.25, -0.2) is 15.0 Å². The first-order chi connectivity index (χ1) is 16.8. The fourth-order valence-corrected chi connectivity index (χ4v) is 6.21. The molecule has 1 aromatic carbocycles. The first-order valence-corrected chi connectivity index (χ1v) is 12.2. The maximum Gasteiger partial charge on any atom is 0.167 e. The van der Waals surface area contributed by atoms with Crippen LogP contribution < -0.4 is 5.73 Å². The third-order valence-corrected chi connectivity index (χ3v) is 7.66. The predicted octanol–water partition coefficient (Wildman–Crippen LogP) is 4.05. The SMILES string of the molecule is CC1(C)O[C@H]2[C@H](n3cnc4c(N)ncnc43)OC3(CC(Cc4ccc5cc(Cl)cnc5c4)C3)[C@H]2O1. The standard InChI is InChI=1S/C25H25ClN6O3/c1-24(2)33-19-20(34-24)25(35-23(19)32-12-31-18-21(27)29-11-30-22(18)32)8-14(9-25)5-13-3-4-15-7-16(26)10-28-17(15)6-13/h3-4,6-7,10-12,14,19-20,23H,5,8-9H2,1-2H3,(H2,27,29,30)/t14?,19-,20+,23-,25?/m1/s1. The zero-order chi connectivity index (χ0) is 23.9. The number of aromatic nitrogens is 5. The number of nitrogens with two attached hydrogens (primary N) is 1. The van der Waals surface area contributed by atoms with Gasteiger partial charge < -0.3 is 19.9 Å². The van der Waals surface area contributed by atoms with Crippen LogP contribution in [0.15, 0.2) is 43.1 Å². The van der Waals surface area contributed by atoms with Crippen molar-refractivity contribution in [2.75, 3.05) is 5.73 Å². The van der Waals surface area contributed by atoms with Crippen molar-refractivity contribution in [1.82, 2.24) is 24.5 Å². The van der Waals surface area contributed by atoms with E-state index in [1.165, 1.54) is 11.9 Å². The number of nitrogens with zero attached hydrogens (tertiary/aromatic N) is 5. The number of hydrogen-bond acceptors (Lipinski definition) is 8. The summed E-state index contributed by atoms with van der Waals surface area (Å²) < 4.78 is 21.4. The second kappa shape index (κ2) is 7.33. The van der Waals surface area contributed by atoms with E-state index < -0.39 is 17.6 Å². The van der Waals surface area contributed by atoms with E-state index in [-0.39, 0.29) is 12.2 Å². The van der Waals surface area contributed by atoms with Crippen molar-refractivity contribution in [2.45, 2.75) is 62.9 Å². The average Bonchev–Trinajstić information content (AvgIpc) is 3.44. The van der Waals surface area contributed by atoms with Gasteiger partial charge in [0.1, 0.15) is 29.7 Å². The summed E-state index contributed by atoms with van der Waals surface area (Å²) in [6.45, 7) is 3.90. The number of benzene rings is 1. The molecule has 3 fully saturated rings. The number of pyridine rings is 1. The van der Waals surface area contributed by atoms with Gasteiger partial charge in [-0.15, -0.1) is 0 Å². The topological polar surface area (TPSA) is 110 Å². The summed E-state index contributed by atoms with van der Waals surface area (Å²) >= 11 is 6.08. The van der Waals surface area contributed by atoms with Crippen LogP contribution in [0.3, 0.4) is 0 Å². The minimum Gasteiger partial charge on any atom is -0.382 e. The summed E-state index contributed by atoms with van der Waals surface area (Å²) in [5.41, 5.74) is 9.01. The highest BCUT2D eigenvalue weighted by Crippen LogP contribution is 2.58. The lowest BCUT2D eigenvalue weighted by atomic mass is 9.66. The summed E-state index contributed by atoms with van der Waals surface area (Å²) in [6, 6.07) is 8.34. The molecule has 1 spiro atoms. The highest BCUT2D eigenvalue weighted by molar-refractivity contribution is 6.31. The Hall–Kier alpha value is -2.85. The normalized spacial score (nSPS) is 31.3. The van der Waals surface area contributed by atoms with Gasteiger partial charge in [0.15, 0.2) is 23.5 Å². The van der Waals surface area contributed by atoms with Gasteiger partial charge in [-0.1, -0.05) is 23.7 Å². The Morgan fingerprint density at radius 3 is 2.80 bits per heavy atom. The molecule has 9 nitrogen and oxygen atoms in total. The molecule has 0 amide bonds. The van der Waals surface area contributed by atoms with Crippen molar-refractivity contribution in [3.8, 4) is 0 Å². The zero-order valence-electron chi connectivity index (χ0n) is 19.4. The second-order valence-corrected chi connectivity index (χ2v) is 10.8. The van der Waals surface area contributed by atoms with Crippen molar-refractivity contribution in [1.29, 1.82) is 0 Å². The maximum atomic E-state index is 6.73. The molecule has 3 atom stereocenters. The Bertz CT molecular complexity index is 1470. The molecule has 4 aromatic rings. The number of ether oxygens (including phenoxy) is 3. The third kappa shape index (κ3) is 3.33. The molecular formula is C25H25ClN6O3. The summed E-state index contributed by atoms with van der Waals surface area (Å²) in [4.78, 5) is 17.4. The lowest BCUT2D eigenvalue weighted by Crippen LogP contribution is -2.53. The van der Waals surface area contributed by atoms with E-state index in [0.29, 0.717) is 27.9 Å². The smallest absolute Gasteiger partial charge is 0.167 e. The minimum absolute atomic E-state index is 0.171. The lowest BCUT2D eigenvalue weighted by Gasteiger charge is -2.47. The molecule has 180 valence electrons. The first-order valence-electron chi connectivity index (χ1n) is 11.8. The molecule has 2 saturated heterocycles. The van der Waals surface area contributed by atoms with Gasteiger partial charge in [0.25, 0.3) is 0 Å². The zero-order valence-corrected chi connectivity index (χ0v) is 20.1. The Morgan fingerprint density at radius 2 is 1.94 bits per heavy atom. The molecule has 35 heavy (non-hydrogen) atoms. The van der Waals surface area contributed by atoms with Gasteiger partial charge >= 0.3 is 0 Å². The molecule has 0 unspecified atom stereocenters. The molecule has 0 bridgehead atoms. The lowest BCUT2D eigenvalue weighted by molar-refractivity contribution is -0.244. The molecule has 10 heteroatoms. The first kappa shape index (κ1) is 21.4. The quantitative estimate of drug-likeness (QED) is 0.456. The van der Waals surface area contributed by atoms with E-state index >= 15 is 0 Å². The Labute approximate surface area is 206 Å². The Balaban J connectivity index is 1.15. The molecule has 1 saturated carbocycles. The van der Waals surface area contributed by atoms with Crippen molar-refractivity contribution >= 4 is 39.5 Å². The van der Waals surface area contributed by atoms with Crippen molar-refractivity contribution in [3.05, 3.63) is 53.7 Å². The van der Waals surface area contributed by atoms with E-state index in [9.17, 15) is 0 Å². The fraction of sp³-hybridized carbons (Fsp3) is 0.440. The van der Waals surface area contributed by atoms with Gasteiger partial charge in [-0.2, -0.15) is 0 Å². The maximum absolute atomic E-state index is 6.73. The molecular weight excluding hydrogens is 468 g/mol. The van der Waals surface area contributed by atoms with Crippen LogP contribution in [-0.4, -0.2) is 48.1 Å². The molecule has 7 rings (SSSR count). The largest absolute Gasteiger partial charge is 0.382 e. The highest BCUT2D eigenvalue weighted by atomic mass is 35.5. The van der Waals surface area contributed by atoms with E-state index in [1.807, 2.05) is 24.5 Å². The second-order valence-electron chi connectivity index (χ2n) is 10.3. The van der Waals surface area contributed by atoms with E-state index in [2.05, 4.69) is 38.1 Å². The summed E-state index contributed by atoms with van der Waals surface area (Å²) in [7, 11) is 0. The van der Waals surface area contributed by atoms with Crippen molar-refractivity contribution < 1.29 is 14.2 Å². The molecule has 3 aromatic heterocycles. The van der Waals surface area contributed by atoms with Gasteiger partial charge in [-0.3, -0.25) is 9.55 Å². The number of rotatable bonds is 3. The van der Waals surface area contributed by atoms with Crippen LogP contribution in [0.4, 0.5) is 5.82 Å². The van der Waals surface area contributed by atoms with Crippen LogP contribution in [0.2, 0.25) is 5.02 Å². The summed E-state index contributed by atoms with van der Waals surface area (Å²) in [5.74, 6) is 0.132. The van der Waals surface area contributed by atoms with Crippen LogP contribution in [0.1, 0.15) is 38.5 Å². The summed E-state index contributed by atoms with van der Waals surface area (Å²) in [5, 5.41) is 1.70. The number of anilines is 1. The average molecular weight is 493 g/mol. The van der Waals surface area contributed by atoms with Crippen LogP contribution in [0.5, 0.6) is 0 Å². The minimum atomic E-state index is -0.689. The monoisotopic (exact) mass is 492 g/mol. The molecule has 2 N–H and O–H groups in total. The molecule has 3 aliphatic rings. The third-order valence-electron chi connectivity index (χ3n) is 7.45. The molecule has 5 heterocycles. The number of imidazole rings is 1. The van der Waals surface area contributed by atoms with Crippen LogP contribution in [0.25, 0.3) is 22.1 Å². The number of fused-ring (bicyclic) bond motifs is 4. The summed E-state index contributed by atoms with van der Waals surface area (Å²) in [6.07, 6.45) is 6.72. The van der Waals surface area contributed by atoms with Crippen molar-refractivity contribution in [3.63, 3.8) is 0 Å². The molecule has 2 aliphatic heterocycles. The fourth-order valence-electron chi connectivity index (χ4n) is 6.04. The van der Waals surface area contributed by atoms with E-state index in [1.54, 1.807) is 12.5 Å². The molecule has 0 radical (unpaired) electrons. The Morgan fingerprint density at radius 1 is 1.09 bits per heavy atom. The number of halogens is 1. The van der Waals surface area contributed by atoms with Crippen LogP contribution in [0, 0.1) is 5.92 Å². The van der Waals surface area contributed by atoms with Gasteiger partial charge in [-0.05, 0) is 56.7 Å². The van der Waals surface area contributed by atoms with Gasteiger partial charge in [0, 0.05) is 11.6 Å². The highest BCUT2D eigenvalue weighted by Gasteiger charge is 2.67. The van der Waals surface area contributed by atoms with Crippen LogP contribution in [-0.2, 0) is 20.6 Å². The van der Waals surface area contributed by atoms with Crippen LogP contribution >= 0.6 is 11.6 Å². The van der Waals surface area contributed by atoms with Crippen molar-refractivity contribution in [2.24, 2.45) is 5.92 Å². The Kier molecular flexibility index (Phi) is 4.49.